The molecule has 1 aromatic carbocycles. The number of halogens is 1. The lowest BCUT2D eigenvalue weighted by atomic mass is 10.2. The second-order valence-electron chi connectivity index (χ2n) is 4.60. The van der Waals surface area contributed by atoms with Crippen molar-refractivity contribution in [3.05, 3.63) is 42.5 Å². The number of fused-ring (bicyclic) bond motifs is 1. The Kier molecular flexibility index (Phi) is 3.46. The molecular formula is C13H13ClN4O2S. The summed E-state index contributed by atoms with van der Waals surface area (Å²) < 4.78 is 26.0. The zero-order chi connectivity index (χ0) is 15.0. The molecule has 0 saturated heterocycles. The molecule has 0 aliphatic carbocycles. The van der Waals surface area contributed by atoms with Crippen LogP contribution in [0.5, 0.6) is 0 Å². The summed E-state index contributed by atoms with van der Waals surface area (Å²) in [5.41, 5.74) is 1.92. The van der Waals surface area contributed by atoms with Gasteiger partial charge in [-0.25, -0.2) is 13.4 Å². The molecule has 0 fully saturated rings. The predicted molar refractivity (Wildman–Crippen MR) is 79.8 cm³/mol. The molecule has 0 atom stereocenters. The molecular weight excluding hydrogens is 312 g/mol. The fourth-order valence-corrected chi connectivity index (χ4v) is 2.95. The number of imidazole rings is 1. The maximum Gasteiger partial charge on any atom is 0.280 e. The average molecular weight is 325 g/mol. The Morgan fingerprint density at radius 1 is 1.29 bits per heavy atom. The van der Waals surface area contributed by atoms with Crippen LogP contribution in [0.15, 0.2) is 41.8 Å². The normalized spacial score (nSPS) is 12.1. The quantitative estimate of drug-likeness (QED) is 0.690. The van der Waals surface area contributed by atoms with Crippen molar-refractivity contribution >= 4 is 30.6 Å². The van der Waals surface area contributed by atoms with Crippen LogP contribution in [0.2, 0.25) is 0 Å². The first kappa shape index (κ1) is 14.1. The first-order chi connectivity index (χ1) is 9.99. The highest BCUT2D eigenvalue weighted by atomic mass is 35.7. The number of hydrogen-bond acceptors (Lipinski definition) is 4. The molecule has 6 nitrogen and oxygen atoms in total. The van der Waals surface area contributed by atoms with Crippen molar-refractivity contribution in [3.8, 4) is 0 Å². The van der Waals surface area contributed by atoms with Gasteiger partial charge in [0.2, 0.25) is 0 Å². The number of aryl methyl sites for hydroxylation is 1. The molecule has 0 radical (unpaired) electrons. The lowest BCUT2D eigenvalue weighted by Crippen LogP contribution is -2.01. The summed E-state index contributed by atoms with van der Waals surface area (Å²) in [4.78, 5) is 3.80. The Bertz CT molecular complexity index is 898. The molecule has 0 bridgehead atoms. The lowest BCUT2D eigenvalue weighted by Gasteiger charge is -1.98. The topological polar surface area (TPSA) is 69.8 Å². The van der Waals surface area contributed by atoms with Gasteiger partial charge in [-0.3, -0.25) is 4.68 Å². The Hall–Kier alpha value is -1.86. The first-order valence-electron chi connectivity index (χ1n) is 6.40. The summed E-state index contributed by atoms with van der Waals surface area (Å²) in [7, 11) is 1.47. The number of benzene rings is 1. The van der Waals surface area contributed by atoms with E-state index in [1.807, 2.05) is 35.9 Å². The highest BCUT2D eigenvalue weighted by Gasteiger charge is 2.15. The van der Waals surface area contributed by atoms with Crippen molar-refractivity contribution in [2.75, 3.05) is 0 Å². The van der Waals surface area contributed by atoms with Gasteiger partial charge in [-0.15, -0.1) is 0 Å². The summed E-state index contributed by atoms with van der Waals surface area (Å²) in [5, 5.41) is 5.46. The standard InChI is InChI=1S/C13H13ClN4O2S/c1-2-18-12-6-4-3-5-10(12)11(16-18)7-17-8-13(15-9-17)21(14,19)20/h3-6,8-9H,2,7H2,1H3. The number of para-hydroxylation sites is 1. The van der Waals surface area contributed by atoms with Gasteiger partial charge in [0.1, 0.15) is 0 Å². The van der Waals surface area contributed by atoms with Crippen molar-refractivity contribution < 1.29 is 8.42 Å². The minimum Gasteiger partial charge on any atom is -0.330 e. The summed E-state index contributed by atoms with van der Waals surface area (Å²) in [5.74, 6) is 0. The highest BCUT2D eigenvalue weighted by molar-refractivity contribution is 8.13. The molecule has 0 N–H and O–H groups in total. The van der Waals surface area contributed by atoms with Gasteiger partial charge in [0, 0.05) is 28.8 Å². The molecule has 110 valence electrons. The Balaban J connectivity index is 2.00. The van der Waals surface area contributed by atoms with E-state index in [1.54, 1.807) is 4.57 Å². The molecule has 0 aliphatic heterocycles. The summed E-state index contributed by atoms with van der Waals surface area (Å²) in [6.07, 6.45) is 2.84. The molecule has 0 aliphatic rings. The molecule has 0 amide bonds. The fraction of sp³-hybridized carbons (Fsp3) is 0.231. The minimum atomic E-state index is -3.80. The Morgan fingerprint density at radius 2 is 2.05 bits per heavy atom. The Morgan fingerprint density at radius 3 is 2.71 bits per heavy atom. The number of rotatable bonds is 4. The highest BCUT2D eigenvalue weighted by Crippen LogP contribution is 2.20. The third-order valence-corrected chi connectivity index (χ3v) is 4.41. The van der Waals surface area contributed by atoms with Crippen molar-refractivity contribution in [1.29, 1.82) is 0 Å². The van der Waals surface area contributed by atoms with Crippen LogP contribution < -0.4 is 0 Å². The molecule has 3 rings (SSSR count). The third-order valence-electron chi connectivity index (χ3n) is 3.23. The molecule has 0 unspecified atom stereocenters. The van der Waals surface area contributed by atoms with Crippen molar-refractivity contribution in [2.24, 2.45) is 0 Å². The second-order valence-corrected chi connectivity index (χ2v) is 7.11. The van der Waals surface area contributed by atoms with Crippen molar-refractivity contribution in [1.82, 2.24) is 19.3 Å². The van der Waals surface area contributed by atoms with E-state index in [2.05, 4.69) is 10.1 Å². The van der Waals surface area contributed by atoms with E-state index in [0.717, 1.165) is 23.1 Å². The van der Waals surface area contributed by atoms with Gasteiger partial charge in [0.25, 0.3) is 9.05 Å². The van der Waals surface area contributed by atoms with Crippen LogP contribution in [-0.4, -0.2) is 27.7 Å². The van der Waals surface area contributed by atoms with Crippen LogP contribution >= 0.6 is 10.7 Å². The monoisotopic (exact) mass is 324 g/mol. The van der Waals surface area contributed by atoms with Crippen molar-refractivity contribution in [2.45, 2.75) is 25.0 Å². The van der Waals surface area contributed by atoms with E-state index in [0.29, 0.717) is 6.54 Å². The largest absolute Gasteiger partial charge is 0.330 e. The number of nitrogens with zero attached hydrogens (tertiary/aromatic N) is 4. The van der Waals surface area contributed by atoms with E-state index in [1.165, 1.54) is 12.5 Å². The second kappa shape index (κ2) is 5.16. The van der Waals surface area contributed by atoms with E-state index >= 15 is 0 Å². The van der Waals surface area contributed by atoms with Crippen LogP contribution in [0.25, 0.3) is 10.9 Å². The SMILES string of the molecule is CCn1nc(Cn2cnc(S(=O)(=O)Cl)c2)c2ccccc21. The summed E-state index contributed by atoms with van der Waals surface area (Å²) in [6, 6.07) is 7.93. The predicted octanol–water partition coefficient (Wildman–Crippen LogP) is 2.23. The molecule has 0 spiro atoms. The smallest absolute Gasteiger partial charge is 0.280 e. The van der Waals surface area contributed by atoms with Gasteiger partial charge in [-0.2, -0.15) is 5.10 Å². The minimum absolute atomic E-state index is 0.150. The van der Waals surface area contributed by atoms with Crippen LogP contribution in [0.1, 0.15) is 12.6 Å². The van der Waals surface area contributed by atoms with Gasteiger partial charge in [-0.1, -0.05) is 18.2 Å². The molecule has 2 aromatic heterocycles. The van der Waals surface area contributed by atoms with Gasteiger partial charge in [0.15, 0.2) is 5.03 Å². The van der Waals surface area contributed by atoms with Crippen molar-refractivity contribution in [3.63, 3.8) is 0 Å². The lowest BCUT2D eigenvalue weighted by molar-refractivity contribution is 0.606. The molecule has 21 heavy (non-hydrogen) atoms. The summed E-state index contributed by atoms with van der Waals surface area (Å²) in [6.45, 7) is 3.23. The van der Waals surface area contributed by atoms with E-state index in [4.69, 9.17) is 10.7 Å². The van der Waals surface area contributed by atoms with Crippen LogP contribution in [0.4, 0.5) is 0 Å². The zero-order valence-corrected chi connectivity index (χ0v) is 12.8. The maximum absolute atomic E-state index is 11.2. The third kappa shape index (κ3) is 2.66. The average Bonchev–Trinajstić information content (AvgIpc) is 3.04. The van der Waals surface area contributed by atoms with Crippen LogP contribution in [0, 0.1) is 0 Å². The first-order valence-corrected chi connectivity index (χ1v) is 8.71. The Labute approximate surface area is 126 Å². The van der Waals surface area contributed by atoms with Crippen LogP contribution in [0.3, 0.4) is 0 Å². The van der Waals surface area contributed by atoms with Gasteiger partial charge < -0.3 is 4.57 Å². The van der Waals surface area contributed by atoms with Crippen LogP contribution in [-0.2, 0) is 22.1 Å². The zero-order valence-electron chi connectivity index (χ0n) is 11.3. The van der Waals surface area contributed by atoms with E-state index < -0.39 is 9.05 Å². The number of hydrogen-bond donors (Lipinski definition) is 0. The maximum atomic E-state index is 11.2. The van der Waals surface area contributed by atoms with Gasteiger partial charge in [-0.05, 0) is 13.0 Å². The number of aromatic nitrogens is 4. The molecule has 2 heterocycles. The fourth-order valence-electron chi connectivity index (χ4n) is 2.28. The molecule has 8 heteroatoms. The molecule has 0 saturated carbocycles. The van der Waals surface area contributed by atoms with Gasteiger partial charge in [0.05, 0.1) is 24.1 Å². The molecule has 3 aromatic rings. The summed E-state index contributed by atoms with van der Waals surface area (Å²) >= 11 is 0. The van der Waals surface area contributed by atoms with E-state index in [9.17, 15) is 8.42 Å². The van der Waals surface area contributed by atoms with Gasteiger partial charge >= 0.3 is 0 Å². The van der Waals surface area contributed by atoms with E-state index in [-0.39, 0.29) is 5.03 Å².